The molecule has 116 valence electrons. The molecule has 1 unspecified atom stereocenters. The summed E-state index contributed by atoms with van der Waals surface area (Å²) in [4.78, 5) is 27.4. The summed E-state index contributed by atoms with van der Waals surface area (Å²) >= 11 is 0. The van der Waals surface area contributed by atoms with Gasteiger partial charge in [-0.05, 0) is 33.7 Å². The first-order valence-corrected chi connectivity index (χ1v) is 10.7. The van der Waals surface area contributed by atoms with Crippen LogP contribution < -0.4 is 0 Å². The smallest absolute Gasteiger partial charge is 0.304 e. The van der Waals surface area contributed by atoms with Crippen molar-refractivity contribution in [2.75, 3.05) is 5.75 Å². The Labute approximate surface area is 143 Å². The van der Waals surface area contributed by atoms with Crippen molar-refractivity contribution in [3.05, 3.63) is 36.9 Å². The second kappa shape index (κ2) is 9.93. The van der Waals surface area contributed by atoms with E-state index < -0.39 is 5.97 Å². The van der Waals surface area contributed by atoms with E-state index in [2.05, 4.69) is 19.9 Å². The Morgan fingerprint density at radius 1 is 1.00 bits per heavy atom. The molecule has 0 aromatic carbocycles. The molecule has 0 amide bonds. The first-order chi connectivity index (χ1) is 10.7. The highest BCUT2D eigenvalue weighted by molar-refractivity contribution is 8.78. The van der Waals surface area contributed by atoms with Crippen LogP contribution in [0.2, 0.25) is 0 Å². The van der Waals surface area contributed by atoms with Crippen molar-refractivity contribution in [1.29, 1.82) is 0 Å². The Morgan fingerprint density at radius 3 is 2.09 bits per heavy atom. The van der Waals surface area contributed by atoms with Crippen molar-refractivity contribution in [2.45, 2.75) is 22.0 Å². The molecular weight excluding hydrogens is 360 g/mol. The van der Waals surface area contributed by atoms with Crippen molar-refractivity contribution in [1.82, 2.24) is 19.9 Å². The second-order valence-electron chi connectivity index (χ2n) is 3.83. The average molecular weight is 373 g/mol. The first-order valence-electron chi connectivity index (χ1n) is 6.12. The van der Waals surface area contributed by atoms with Gasteiger partial charge in [-0.15, -0.1) is 0 Å². The normalized spacial score (nSPS) is 12.0. The van der Waals surface area contributed by atoms with Gasteiger partial charge in [-0.3, -0.25) is 4.79 Å². The van der Waals surface area contributed by atoms with Crippen molar-refractivity contribution in [3.8, 4) is 0 Å². The largest absolute Gasteiger partial charge is 0.481 e. The minimum Gasteiger partial charge on any atom is -0.481 e. The van der Waals surface area contributed by atoms with Gasteiger partial charge in [0.2, 0.25) is 0 Å². The van der Waals surface area contributed by atoms with Gasteiger partial charge in [0.05, 0.1) is 6.42 Å². The summed E-state index contributed by atoms with van der Waals surface area (Å²) in [5.41, 5.74) is 0. The Kier molecular flexibility index (Phi) is 7.85. The van der Waals surface area contributed by atoms with Crippen molar-refractivity contribution in [2.24, 2.45) is 0 Å². The molecule has 2 heterocycles. The van der Waals surface area contributed by atoms with Gasteiger partial charge < -0.3 is 5.11 Å². The molecule has 0 spiro atoms. The highest BCUT2D eigenvalue weighted by Crippen LogP contribution is 2.38. The lowest BCUT2D eigenvalue weighted by atomic mass is 10.3. The highest BCUT2D eigenvalue weighted by Gasteiger charge is 2.16. The summed E-state index contributed by atoms with van der Waals surface area (Å²) in [5.74, 6) is -0.145. The van der Waals surface area contributed by atoms with E-state index in [-0.39, 0.29) is 11.7 Å². The SMILES string of the molecule is O=C(O)CC(CSSc1ncccn1)SSc1ncccn1. The molecule has 0 saturated heterocycles. The Morgan fingerprint density at radius 2 is 1.55 bits per heavy atom. The highest BCUT2D eigenvalue weighted by atomic mass is 33.1. The zero-order valence-electron chi connectivity index (χ0n) is 11.2. The molecule has 0 saturated carbocycles. The standard InChI is InChI=1S/C12H12N4O2S4/c17-10(18)7-9(20-22-12-15-5-2-6-16-12)8-19-21-11-13-3-1-4-14-11/h1-6,9H,7-8H2,(H,17,18). The lowest BCUT2D eigenvalue weighted by Gasteiger charge is -2.11. The van der Waals surface area contributed by atoms with Crippen LogP contribution in [0.25, 0.3) is 0 Å². The summed E-state index contributed by atoms with van der Waals surface area (Å²) in [7, 11) is 5.86. The van der Waals surface area contributed by atoms with Gasteiger partial charge in [0, 0.05) is 35.8 Å². The van der Waals surface area contributed by atoms with Gasteiger partial charge in [-0.2, -0.15) is 0 Å². The molecule has 0 aliphatic rings. The van der Waals surface area contributed by atoms with Crippen LogP contribution in [0.15, 0.2) is 47.2 Å². The van der Waals surface area contributed by atoms with Gasteiger partial charge in [0.1, 0.15) is 0 Å². The fraction of sp³-hybridized carbons (Fsp3) is 0.250. The number of carboxylic acids is 1. The first kappa shape index (κ1) is 17.4. The number of hydrogen-bond donors (Lipinski definition) is 1. The zero-order valence-corrected chi connectivity index (χ0v) is 14.5. The zero-order chi connectivity index (χ0) is 15.6. The molecule has 6 nitrogen and oxygen atoms in total. The lowest BCUT2D eigenvalue weighted by molar-refractivity contribution is -0.136. The van der Waals surface area contributed by atoms with Gasteiger partial charge >= 0.3 is 5.97 Å². The Hall–Kier alpha value is -0.970. The van der Waals surface area contributed by atoms with E-state index >= 15 is 0 Å². The maximum atomic E-state index is 11.0. The quantitative estimate of drug-likeness (QED) is 0.522. The molecule has 0 fully saturated rings. The molecule has 0 bridgehead atoms. The fourth-order valence-corrected chi connectivity index (χ4v) is 6.12. The molecule has 1 N–H and O–H groups in total. The molecule has 2 aromatic heterocycles. The number of nitrogens with zero attached hydrogens (tertiary/aromatic N) is 4. The Balaban J connectivity index is 1.79. The molecule has 0 aliphatic heterocycles. The van der Waals surface area contributed by atoms with Gasteiger partial charge in [0.15, 0.2) is 10.3 Å². The predicted molar refractivity (Wildman–Crippen MR) is 91.9 cm³/mol. The maximum Gasteiger partial charge on any atom is 0.304 e. The summed E-state index contributed by atoms with van der Waals surface area (Å²) in [6.45, 7) is 0. The van der Waals surface area contributed by atoms with Gasteiger partial charge in [0.25, 0.3) is 0 Å². The minimum absolute atomic E-state index is 0.0486. The van der Waals surface area contributed by atoms with Crippen LogP contribution in [0.5, 0.6) is 0 Å². The summed E-state index contributed by atoms with van der Waals surface area (Å²) < 4.78 is 0. The number of aromatic nitrogens is 4. The van der Waals surface area contributed by atoms with Crippen LogP contribution in [-0.4, -0.2) is 42.0 Å². The minimum atomic E-state index is -0.811. The third-order valence-corrected chi connectivity index (χ3v) is 7.18. The van der Waals surface area contributed by atoms with E-state index in [1.54, 1.807) is 47.7 Å². The molecular formula is C12H12N4O2S4. The van der Waals surface area contributed by atoms with Gasteiger partial charge in [-0.1, -0.05) is 21.6 Å². The molecule has 2 rings (SSSR count). The maximum absolute atomic E-state index is 11.0. The predicted octanol–water partition coefficient (Wildman–Crippen LogP) is 3.29. The summed E-state index contributed by atoms with van der Waals surface area (Å²) in [5, 5.41) is 10.3. The van der Waals surface area contributed by atoms with Crippen molar-refractivity contribution >= 4 is 49.1 Å². The van der Waals surface area contributed by atoms with Crippen molar-refractivity contribution < 1.29 is 9.90 Å². The van der Waals surface area contributed by atoms with Crippen LogP contribution >= 0.6 is 43.2 Å². The third kappa shape index (κ3) is 6.86. The summed E-state index contributed by atoms with van der Waals surface area (Å²) in [6, 6.07) is 3.50. The van der Waals surface area contributed by atoms with E-state index in [1.807, 2.05) is 0 Å². The van der Waals surface area contributed by atoms with Crippen LogP contribution in [0.3, 0.4) is 0 Å². The van der Waals surface area contributed by atoms with Gasteiger partial charge in [-0.25, -0.2) is 19.9 Å². The van der Waals surface area contributed by atoms with Crippen LogP contribution in [0, 0.1) is 0 Å². The van der Waals surface area contributed by atoms with Crippen LogP contribution in [-0.2, 0) is 4.79 Å². The number of carboxylic acid groups (broad SMARTS) is 1. The number of carbonyl (C=O) groups is 1. The molecule has 22 heavy (non-hydrogen) atoms. The Bertz CT molecular complexity index is 576. The fourth-order valence-electron chi connectivity index (χ4n) is 1.25. The molecule has 0 aliphatic carbocycles. The topological polar surface area (TPSA) is 88.9 Å². The number of hydrogen-bond acceptors (Lipinski definition) is 9. The number of aliphatic carboxylic acids is 1. The van der Waals surface area contributed by atoms with Crippen molar-refractivity contribution in [3.63, 3.8) is 0 Å². The second-order valence-corrected chi connectivity index (χ2v) is 8.61. The van der Waals surface area contributed by atoms with E-state index in [0.717, 1.165) is 0 Å². The van der Waals surface area contributed by atoms with E-state index in [9.17, 15) is 4.79 Å². The molecule has 0 radical (unpaired) electrons. The monoisotopic (exact) mass is 372 g/mol. The van der Waals surface area contributed by atoms with Crippen LogP contribution in [0.4, 0.5) is 0 Å². The summed E-state index contributed by atoms with van der Waals surface area (Å²) in [6.07, 6.45) is 6.79. The third-order valence-electron chi connectivity index (χ3n) is 2.13. The van der Waals surface area contributed by atoms with E-state index in [0.29, 0.717) is 16.1 Å². The van der Waals surface area contributed by atoms with E-state index in [1.165, 1.54) is 32.4 Å². The molecule has 10 heteroatoms. The molecule has 1 atom stereocenters. The van der Waals surface area contributed by atoms with Crippen LogP contribution in [0.1, 0.15) is 6.42 Å². The number of rotatable bonds is 9. The lowest BCUT2D eigenvalue weighted by Crippen LogP contribution is -2.11. The molecule has 2 aromatic rings. The van der Waals surface area contributed by atoms with E-state index in [4.69, 9.17) is 5.11 Å². The average Bonchev–Trinajstić information content (AvgIpc) is 2.54.